The molecule has 0 heterocycles. The van der Waals surface area contributed by atoms with Gasteiger partial charge in [-0.25, -0.2) is 9.59 Å². The number of carboxylic acids is 2. The van der Waals surface area contributed by atoms with Crippen molar-refractivity contribution in [2.45, 2.75) is 6.92 Å². The topological polar surface area (TPSA) is 133 Å². The van der Waals surface area contributed by atoms with Gasteiger partial charge in [0.15, 0.2) is 0 Å². The molecule has 1 rings (SSSR count). The van der Waals surface area contributed by atoms with Crippen molar-refractivity contribution in [3.8, 4) is 0 Å². The molecule has 8 nitrogen and oxygen atoms in total. The van der Waals surface area contributed by atoms with Crippen LogP contribution in [0.1, 0.15) is 5.56 Å². The van der Waals surface area contributed by atoms with Crippen molar-refractivity contribution in [1.29, 1.82) is 0 Å². The van der Waals surface area contributed by atoms with Crippen LogP contribution in [0.25, 0.3) is 0 Å². The van der Waals surface area contributed by atoms with E-state index in [4.69, 9.17) is 10.2 Å². The molecule has 0 aliphatic rings. The third-order valence-corrected chi connectivity index (χ3v) is 2.22. The Hall–Kier alpha value is -2.90. The molecule has 2 amide bonds. The first kappa shape index (κ1) is 14.2. The van der Waals surface area contributed by atoms with Crippen LogP contribution in [-0.2, 0) is 19.2 Å². The molecule has 0 fully saturated rings. The first-order valence-corrected chi connectivity index (χ1v) is 5.01. The Kier molecular flexibility index (Phi) is 4.19. The van der Waals surface area contributed by atoms with E-state index >= 15 is 0 Å². The lowest BCUT2D eigenvalue weighted by molar-refractivity contribution is -0.147. The number of anilines is 2. The number of carbonyl (C=O) groups is 4. The average molecular weight is 266 g/mol. The smallest absolute Gasteiger partial charge is 0.394 e. The monoisotopic (exact) mass is 266 g/mol. The molecule has 0 aliphatic heterocycles. The number of carbonyl (C=O) groups excluding carboxylic acids is 2. The van der Waals surface area contributed by atoms with Crippen molar-refractivity contribution < 1.29 is 29.4 Å². The maximum Gasteiger partial charge on any atom is 0.394 e. The van der Waals surface area contributed by atoms with Gasteiger partial charge in [0.05, 0.1) is 0 Å². The van der Waals surface area contributed by atoms with Crippen LogP contribution >= 0.6 is 0 Å². The van der Waals surface area contributed by atoms with Crippen molar-refractivity contribution in [1.82, 2.24) is 0 Å². The van der Waals surface area contributed by atoms with E-state index in [1.54, 1.807) is 0 Å². The van der Waals surface area contributed by atoms with E-state index in [0.29, 0.717) is 5.56 Å². The van der Waals surface area contributed by atoms with E-state index in [-0.39, 0.29) is 11.4 Å². The first-order chi connectivity index (χ1) is 8.82. The van der Waals surface area contributed by atoms with Crippen LogP contribution in [0.15, 0.2) is 18.2 Å². The molecule has 0 aliphatic carbocycles. The summed E-state index contributed by atoms with van der Waals surface area (Å²) >= 11 is 0. The highest BCUT2D eigenvalue weighted by molar-refractivity contribution is 6.37. The van der Waals surface area contributed by atoms with Gasteiger partial charge >= 0.3 is 23.8 Å². The Balaban J connectivity index is 2.98. The molecule has 0 spiro atoms. The fourth-order valence-electron chi connectivity index (χ4n) is 1.26. The van der Waals surface area contributed by atoms with Crippen molar-refractivity contribution >= 4 is 35.1 Å². The quantitative estimate of drug-likeness (QED) is 0.558. The minimum atomic E-state index is -1.65. The van der Waals surface area contributed by atoms with Gasteiger partial charge in [0.25, 0.3) is 0 Å². The number of hydrogen-bond acceptors (Lipinski definition) is 4. The lowest BCUT2D eigenvalue weighted by atomic mass is 10.1. The normalized spacial score (nSPS) is 9.53. The first-order valence-electron chi connectivity index (χ1n) is 5.01. The second-order valence-corrected chi connectivity index (χ2v) is 3.50. The molecule has 8 heteroatoms. The zero-order valence-corrected chi connectivity index (χ0v) is 9.76. The van der Waals surface area contributed by atoms with Crippen LogP contribution in [0.3, 0.4) is 0 Å². The van der Waals surface area contributed by atoms with Gasteiger partial charge in [-0.1, -0.05) is 6.07 Å². The molecule has 0 bridgehead atoms. The van der Waals surface area contributed by atoms with Gasteiger partial charge in [0, 0.05) is 11.4 Å². The Morgan fingerprint density at radius 2 is 1.26 bits per heavy atom. The third kappa shape index (κ3) is 3.53. The van der Waals surface area contributed by atoms with Gasteiger partial charge < -0.3 is 20.8 Å². The summed E-state index contributed by atoms with van der Waals surface area (Å²) in [6.45, 7) is 1.49. The lowest BCUT2D eigenvalue weighted by Crippen LogP contribution is -2.24. The van der Waals surface area contributed by atoms with Gasteiger partial charge in [0.1, 0.15) is 0 Å². The van der Waals surface area contributed by atoms with Crippen LogP contribution in [0.2, 0.25) is 0 Å². The highest BCUT2D eigenvalue weighted by Gasteiger charge is 2.16. The molecule has 0 saturated heterocycles. The number of carboxylic acid groups (broad SMARTS) is 2. The predicted octanol–water partition coefficient (Wildman–Crippen LogP) is 0.0412. The SMILES string of the molecule is Cc1c(NC(=O)C(=O)O)cccc1NC(=O)C(=O)O. The van der Waals surface area contributed by atoms with Gasteiger partial charge in [-0.15, -0.1) is 0 Å². The third-order valence-electron chi connectivity index (χ3n) is 2.22. The maximum atomic E-state index is 11.0. The molecule has 4 N–H and O–H groups in total. The average Bonchev–Trinajstić information content (AvgIpc) is 2.33. The van der Waals surface area contributed by atoms with E-state index in [1.807, 2.05) is 0 Å². The van der Waals surface area contributed by atoms with Crippen molar-refractivity contribution in [3.63, 3.8) is 0 Å². The summed E-state index contributed by atoms with van der Waals surface area (Å²) < 4.78 is 0. The largest absolute Gasteiger partial charge is 0.474 e. The van der Waals surface area contributed by atoms with Crippen LogP contribution in [0.5, 0.6) is 0 Å². The molecular weight excluding hydrogens is 256 g/mol. The number of amides is 2. The molecular formula is C11H10N2O6. The summed E-state index contributed by atoms with van der Waals surface area (Å²) in [6.07, 6.45) is 0. The molecule has 0 radical (unpaired) electrons. The number of aliphatic carboxylic acids is 2. The fourth-order valence-corrected chi connectivity index (χ4v) is 1.26. The number of rotatable bonds is 2. The highest BCUT2D eigenvalue weighted by Crippen LogP contribution is 2.23. The number of hydrogen-bond donors (Lipinski definition) is 4. The summed E-state index contributed by atoms with van der Waals surface area (Å²) in [6, 6.07) is 4.28. The van der Waals surface area contributed by atoms with E-state index in [9.17, 15) is 19.2 Å². The summed E-state index contributed by atoms with van der Waals surface area (Å²) in [5, 5.41) is 21.2. The second kappa shape index (κ2) is 5.63. The summed E-state index contributed by atoms with van der Waals surface area (Å²) in [4.78, 5) is 42.8. The molecule has 19 heavy (non-hydrogen) atoms. The van der Waals surface area contributed by atoms with Crippen molar-refractivity contribution in [3.05, 3.63) is 23.8 Å². The van der Waals surface area contributed by atoms with Crippen LogP contribution < -0.4 is 10.6 Å². The Morgan fingerprint density at radius 3 is 1.58 bits per heavy atom. The number of benzene rings is 1. The van der Waals surface area contributed by atoms with Crippen LogP contribution in [0, 0.1) is 6.92 Å². The molecule has 100 valence electrons. The lowest BCUT2D eigenvalue weighted by Gasteiger charge is -2.11. The molecule has 1 aromatic carbocycles. The Morgan fingerprint density at radius 1 is 0.895 bits per heavy atom. The van der Waals surface area contributed by atoms with E-state index in [2.05, 4.69) is 10.6 Å². The maximum absolute atomic E-state index is 11.0. The van der Waals surface area contributed by atoms with Crippen molar-refractivity contribution in [2.75, 3.05) is 10.6 Å². The van der Waals surface area contributed by atoms with E-state index in [0.717, 1.165) is 0 Å². The van der Waals surface area contributed by atoms with E-state index in [1.165, 1.54) is 25.1 Å². The molecule has 0 unspecified atom stereocenters. The fraction of sp³-hybridized carbons (Fsp3) is 0.0909. The zero-order chi connectivity index (χ0) is 14.6. The predicted molar refractivity (Wildman–Crippen MR) is 63.7 cm³/mol. The Bertz CT molecular complexity index is 520. The van der Waals surface area contributed by atoms with Crippen molar-refractivity contribution in [2.24, 2.45) is 0 Å². The highest BCUT2D eigenvalue weighted by atomic mass is 16.4. The molecule has 0 aromatic heterocycles. The minimum Gasteiger partial charge on any atom is -0.474 e. The van der Waals surface area contributed by atoms with E-state index < -0.39 is 23.8 Å². The van der Waals surface area contributed by atoms with Gasteiger partial charge in [-0.05, 0) is 24.6 Å². The Labute approximate surface area is 107 Å². The van der Waals surface area contributed by atoms with Gasteiger partial charge in [-0.3, -0.25) is 9.59 Å². The van der Waals surface area contributed by atoms with Gasteiger partial charge in [-0.2, -0.15) is 0 Å². The number of nitrogens with one attached hydrogen (secondary N) is 2. The molecule has 0 atom stereocenters. The minimum absolute atomic E-state index is 0.163. The second-order valence-electron chi connectivity index (χ2n) is 3.50. The molecule has 0 saturated carbocycles. The van der Waals surface area contributed by atoms with Crippen LogP contribution in [0.4, 0.5) is 11.4 Å². The molecule has 1 aromatic rings. The standard InChI is InChI=1S/C11H10N2O6/c1-5-6(12-8(14)10(16)17)3-2-4-7(5)13-9(15)11(18)19/h2-4H,1H3,(H,12,14)(H,13,15)(H,16,17)(H,18,19). The summed E-state index contributed by atoms with van der Waals surface area (Å²) in [5.74, 6) is -5.77. The summed E-state index contributed by atoms with van der Waals surface area (Å²) in [7, 11) is 0. The van der Waals surface area contributed by atoms with Gasteiger partial charge in [0.2, 0.25) is 0 Å². The summed E-state index contributed by atoms with van der Waals surface area (Å²) in [5.41, 5.74) is 0.665. The zero-order valence-electron chi connectivity index (χ0n) is 9.76. The van der Waals surface area contributed by atoms with Crippen LogP contribution in [-0.4, -0.2) is 34.0 Å².